The molecule has 0 unspecified atom stereocenters. The van der Waals surface area contributed by atoms with Crippen molar-refractivity contribution >= 4 is 35.3 Å². The summed E-state index contributed by atoms with van der Waals surface area (Å²) in [5.41, 5.74) is 3.21. The first-order chi connectivity index (χ1) is 11.1. The van der Waals surface area contributed by atoms with Gasteiger partial charge in [-0.05, 0) is 68.4 Å². The molecule has 4 bridgehead atoms. The normalized spacial score (nSPS) is 35.0. The summed E-state index contributed by atoms with van der Waals surface area (Å²) in [5, 5.41) is 5.19. The Bertz CT molecular complexity index is 615. The van der Waals surface area contributed by atoms with Crippen LogP contribution in [0.1, 0.15) is 44.1 Å². The Morgan fingerprint density at radius 3 is 2.13 bits per heavy atom. The molecule has 0 heterocycles. The van der Waals surface area contributed by atoms with E-state index in [0.29, 0.717) is 15.6 Å². The number of hydrazone groups is 1. The van der Waals surface area contributed by atoms with Gasteiger partial charge in [-0.2, -0.15) is 5.10 Å². The van der Waals surface area contributed by atoms with Gasteiger partial charge < -0.3 is 0 Å². The van der Waals surface area contributed by atoms with E-state index in [2.05, 4.69) is 10.5 Å². The molecular formula is C18H20Cl2N2O. The zero-order valence-corrected chi connectivity index (χ0v) is 14.4. The van der Waals surface area contributed by atoms with Crippen molar-refractivity contribution in [3.8, 4) is 0 Å². The predicted molar refractivity (Wildman–Crippen MR) is 92.8 cm³/mol. The Hall–Kier alpha value is -1.06. The number of amides is 1. The number of benzene rings is 1. The lowest BCUT2D eigenvalue weighted by molar-refractivity contribution is -0.146. The van der Waals surface area contributed by atoms with E-state index >= 15 is 0 Å². The quantitative estimate of drug-likeness (QED) is 0.625. The highest BCUT2D eigenvalue weighted by Gasteiger charge is 2.54. The molecule has 5 rings (SSSR count). The van der Waals surface area contributed by atoms with Gasteiger partial charge in [-0.25, -0.2) is 5.43 Å². The smallest absolute Gasteiger partial charge is 0.246 e. The van der Waals surface area contributed by atoms with Crippen molar-refractivity contribution in [1.82, 2.24) is 5.43 Å². The minimum Gasteiger partial charge on any atom is -0.273 e. The summed E-state index contributed by atoms with van der Waals surface area (Å²) in [6.07, 6.45) is 8.62. The molecule has 5 heteroatoms. The van der Waals surface area contributed by atoms with Gasteiger partial charge in [0.05, 0.1) is 21.7 Å². The van der Waals surface area contributed by atoms with Crippen LogP contribution in [0.5, 0.6) is 0 Å². The Kier molecular flexibility index (Phi) is 3.89. The fourth-order valence-electron chi connectivity index (χ4n) is 5.30. The van der Waals surface area contributed by atoms with Crippen LogP contribution in [0.15, 0.2) is 23.3 Å². The summed E-state index contributed by atoms with van der Waals surface area (Å²) in [6, 6.07) is 5.31. The molecule has 0 radical (unpaired) electrons. The van der Waals surface area contributed by atoms with Gasteiger partial charge in [0, 0.05) is 5.56 Å². The van der Waals surface area contributed by atoms with Gasteiger partial charge in [-0.1, -0.05) is 29.3 Å². The summed E-state index contributed by atoms with van der Waals surface area (Å²) in [4.78, 5) is 12.8. The topological polar surface area (TPSA) is 41.5 Å². The van der Waals surface area contributed by atoms with Gasteiger partial charge in [0.25, 0.3) is 0 Å². The lowest BCUT2D eigenvalue weighted by Gasteiger charge is -2.55. The average molecular weight is 351 g/mol. The van der Waals surface area contributed by atoms with E-state index in [4.69, 9.17) is 23.2 Å². The highest BCUT2D eigenvalue weighted by molar-refractivity contribution is 6.38. The summed E-state index contributed by atoms with van der Waals surface area (Å²) in [7, 11) is 0. The molecule has 0 saturated heterocycles. The van der Waals surface area contributed by atoms with Crippen LogP contribution < -0.4 is 5.43 Å². The van der Waals surface area contributed by atoms with E-state index in [-0.39, 0.29) is 11.3 Å². The van der Waals surface area contributed by atoms with Gasteiger partial charge in [0.2, 0.25) is 5.91 Å². The van der Waals surface area contributed by atoms with E-state index in [1.165, 1.54) is 19.3 Å². The maximum Gasteiger partial charge on any atom is 0.246 e. The summed E-state index contributed by atoms with van der Waals surface area (Å²) >= 11 is 12.2. The SMILES string of the molecule is O=C(NN=Cc1c(Cl)cccc1Cl)C12CC3CC(CC(C3)C1)C2. The van der Waals surface area contributed by atoms with Gasteiger partial charge in [0.15, 0.2) is 0 Å². The molecule has 1 aromatic carbocycles. The summed E-state index contributed by atoms with van der Waals surface area (Å²) in [6.45, 7) is 0. The predicted octanol–water partition coefficient (Wildman–Crippen LogP) is 4.66. The van der Waals surface area contributed by atoms with Crippen molar-refractivity contribution in [3.05, 3.63) is 33.8 Å². The van der Waals surface area contributed by atoms with Crippen LogP contribution in [0.25, 0.3) is 0 Å². The van der Waals surface area contributed by atoms with Crippen LogP contribution in [0, 0.1) is 23.2 Å². The number of hydrogen-bond donors (Lipinski definition) is 1. The van der Waals surface area contributed by atoms with Crippen LogP contribution in [0.3, 0.4) is 0 Å². The molecular weight excluding hydrogens is 331 g/mol. The molecule has 4 aliphatic carbocycles. The van der Waals surface area contributed by atoms with E-state index in [0.717, 1.165) is 37.0 Å². The largest absolute Gasteiger partial charge is 0.273 e. The Morgan fingerprint density at radius 1 is 1.09 bits per heavy atom. The lowest BCUT2D eigenvalue weighted by atomic mass is 9.49. The van der Waals surface area contributed by atoms with Crippen LogP contribution in [-0.4, -0.2) is 12.1 Å². The third-order valence-electron chi connectivity index (χ3n) is 5.88. The van der Waals surface area contributed by atoms with E-state index in [9.17, 15) is 4.79 Å². The average Bonchev–Trinajstić information content (AvgIpc) is 2.48. The molecule has 0 atom stereocenters. The molecule has 1 amide bonds. The Labute approximate surface area is 146 Å². The molecule has 3 nitrogen and oxygen atoms in total. The highest BCUT2D eigenvalue weighted by atomic mass is 35.5. The second-order valence-corrected chi connectivity index (χ2v) is 8.35. The maximum atomic E-state index is 12.8. The summed E-state index contributed by atoms with van der Waals surface area (Å²) in [5.74, 6) is 2.31. The van der Waals surface area contributed by atoms with Gasteiger partial charge in [0.1, 0.15) is 0 Å². The van der Waals surface area contributed by atoms with Crippen molar-refractivity contribution in [1.29, 1.82) is 0 Å². The monoisotopic (exact) mass is 350 g/mol. The third kappa shape index (κ3) is 2.78. The van der Waals surface area contributed by atoms with Crippen LogP contribution in [0.4, 0.5) is 0 Å². The fraction of sp³-hybridized carbons (Fsp3) is 0.556. The lowest BCUT2D eigenvalue weighted by Crippen LogP contribution is -2.52. The number of nitrogens with one attached hydrogen (secondary N) is 1. The number of carbonyl (C=O) groups excluding carboxylic acids is 1. The molecule has 23 heavy (non-hydrogen) atoms. The van der Waals surface area contributed by atoms with Crippen LogP contribution in [0.2, 0.25) is 10.0 Å². The van der Waals surface area contributed by atoms with Gasteiger partial charge in [-0.15, -0.1) is 0 Å². The second kappa shape index (κ2) is 5.78. The maximum absolute atomic E-state index is 12.8. The molecule has 0 aliphatic heterocycles. The van der Waals surface area contributed by atoms with E-state index in [1.54, 1.807) is 24.4 Å². The molecule has 122 valence electrons. The standard InChI is InChI=1S/C18H20Cl2N2O/c19-15-2-1-3-16(20)14(15)10-21-22-17(23)18-7-11-4-12(8-18)6-13(5-11)9-18/h1-3,10-13H,4-9H2,(H,22,23). The number of hydrogen-bond acceptors (Lipinski definition) is 2. The fourth-order valence-corrected chi connectivity index (χ4v) is 5.79. The first-order valence-electron chi connectivity index (χ1n) is 8.33. The number of rotatable bonds is 3. The summed E-state index contributed by atoms with van der Waals surface area (Å²) < 4.78 is 0. The first-order valence-corrected chi connectivity index (χ1v) is 9.09. The van der Waals surface area contributed by atoms with Gasteiger partial charge in [-0.3, -0.25) is 4.79 Å². The van der Waals surface area contributed by atoms with Crippen LogP contribution >= 0.6 is 23.2 Å². The number of carbonyl (C=O) groups is 1. The molecule has 4 saturated carbocycles. The molecule has 1 aromatic rings. The van der Waals surface area contributed by atoms with Crippen molar-refractivity contribution in [2.75, 3.05) is 0 Å². The zero-order chi connectivity index (χ0) is 16.0. The number of halogens is 2. The van der Waals surface area contributed by atoms with E-state index < -0.39 is 0 Å². The molecule has 0 spiro atoms. The zero-order valence-electron chi connectivity index (χ0n) is 12.9. The van der Waals surface area contributed by atoms with Crippen molar-refractivity contribution in [3.63, 3.8) is 0 Å². The minimum absolute atomic E-state index is 0.0797. The molecule has 4 aliphatic rings. The second-order valence-electron chi connectivity index (χ2n) is 7.53. The highest BCUT2D eigenvalue weighted by Crippen LogP contribution is 2.60. The minimum atomic E-state index is -0.184. The Morgan fingerprint density at radius 2 is 1.61 bits per heavy atom. The van der Waals surface area contributed by atoms with Crippen LogP contribution in [-0.2, 0) is 4.79 Å². The Balaban J connectivity index is 1.47. The molecule has 4 fully saturated rings. The number of nitrogens with zero attached hydrogens (tertiary/aromatic N) is 1. The van der Waals surface area contributed by atoms with Crippen molar-refractivity contribution < 1.29 is 4.79 Å². The molecule has 1 N–H and O–H groups in total. The van der Waals surface area contributed by atoms with Crippen molar-refractivity contribution in [2.24, 2.45) is 28.3 Å². The molecule has 0 aromatic heterocycles. The van der Waals surface area contributed by atoms with E-state index in [1.807, 2.05) is 0 Å². The van der Waals surface area contributed by atoms with Crippen molar-refractivity contribution in [2.45, 2.75) is 38.5 Å². The first kappa shape index (κ1) is 15.5. The van der Waals surface area contributed by atoms with Gasteiger partial charge >= 0.3 is 0 Å². The third-order valence-corrected chi connectivity index (χ3v) is 6.54.